The van der Waals surface area contributed by atoms with Crippen LogP contribution in [0.1, 0.15) is 86.9 Å². The summed E-state index contributed by atoms with van der Waals surface area (Å²) in [4.78, 5) is 0. The molecule has 4 aromatic carbocycles. The van der Waals surface area contributed by atoms with Crippen LogP contribution in [-0.4, -0.2) is 8.07 Å². The van der Waals surface area contributed by atoms with Crippen LogP contribution in [0.25, 0.3) is 5.57 Å². The average molecular weight is 725 g/mol. The first-order valence-corrected chi connectivity index (χ1v) is 18.3. The van der Waals surface area contributed by atoms with E-state index in [4.69, 9.17) is 0 Å². The smallest absolute Gasteiger partial charge is 0.144 e. The third-order valence-electron chi connectivity index (χ3n) is 9.22. The summed E-state index contributed by atoms with van der Waals surface area (Å²) in [6.07, 6.45) is 13.6. The second-order valence-electron chi connectivity index (χ2n) is 11.7. The van der Waals surface area contributed by atoms with Gasteiger partial charge in [-0.3, -0.25) is 6.08 Å². The Balaban J connectivity index is 0.00000264. The second-order valence-corrected chi connectivity index (χ2v) is 15.5. The standard InChI is InChI=1S/C41H47Si.3ClH.Ti/c1-7-30-21-31(8-2)25-37(24-30)42(38-26-32(9-3)22-33(10-4)27-38,39-28-34(11-5)23-35(12-6)29-39)41-20-16-19-40(41)36-17-14-13-15-18-36;;;;/h13-15,17-19,21-29H,7-12,16H2,1-6H3;3*1H;/q-1;;;;. The molecule has 0 aliphatic heterocycles. The first-order chi connectivity index (χ1) is 20.5. The summed E-state index contributed by atoms with van der Waals surface area (Å²) in [7, 11) is -2.79. The van der Waals surface area contributed by atoms with Gasteiger partial charge in [0.25, 0.3) is 0 Å². The van der Waals surface area contributed by atoms with Crippen molar-refractivity contribution in [3.05, 3.63) is 141 Å². The SMILES string of the molecule is CCc1cc(CC)cc([Si](C2=[C-]CC=C2c2ccccc2)(c2cc(CC)cc(CC)c2)c2cc(CC)cc(CC)c2)c1.Cl.Cl.Cl.[Ti]. The number of rotatable bonds is 11. The molecule has 244 valence electrons. The molecule has 0 saturated carbocycles. The Hall–Kier alpha value is -1.84. The van der Waals surface area contributed by atoms with Crippen molar-refractivity contribution in [2.75, 3.05) is 0 Å². The minimum atomic E-state index is -2.79. The molecule has 0 saturated heterocycles. The van der Waals surface area contributed by atoms with Crippen molar-refractivity contribution in [2.24, 2.45) is 0 Å². The maximum Gasteiger partial charge on any atom is 0.144 e. The van der Waals surface area contributed by atoms with E-state index in [-0.39, 0.29) is 58.9 Å². The Bertz CT molecular complexity index is 1420. The molecule has 0 N–H and O–H groups in total. The third-order valence-corrected chi connectivity index (χ3v) is 13.9. The van der Waals surface area contributed by atoms with Crippen molar-refractivity contribution >= 4 is 66.4 Å². The van der Waals surface area contributed by atoms with Crippen LogP contribution in [0.4, 0.5) is 0 Å². The summed E-state index contributed by atoms with van der Waals surface area (Å²) < 4.78 is 0. The number of halogens is 3. The quantitative estimate of drug-likeness (QED) is 0.0822. The summed E-state index contributed by atoms with van der Waals surface area (Å²) in [6.45, 7) is 13.8. The van der Waals surface area contributed by atoms with Gasteiger partial charge >= 0.3 is 0 Å². The van der Waals surface area contributed by atoms with Crippen LogP contribution in [0.3, 0.4) is 0 Å². The van der Waals surface area contributed by atoms with Gasteiger partial charge in [-0.25, -0.2) is 5.20 Å². The molecule has 5 heteroatoms. The molecule has 0 radical (unpaired) electrons. The molecule has 1 aliphatic carbocycles. The van der Waals surface area contributed by atoms with Gasteiger partial charge in [-0.1, -0.05) is 126 Å². The van der Waals surface area contributed by atoms with E-state index in [0.29, 0.717) is 0 Å². The van der Waals surface area contributed by atoms with E-state index in [0.717, 1.165) is 44.9 Å². The van der Waals surface area contributed by atoms with Crippen molar-refractivity contribution in [3.63, 3.8) is 0 Å². The molecule has 46 heavy (non-hydrogen) atoms. The van der Waals surface area contributed by atoms with Gasteiger partial charge in [0.1, 0.15) is 8.07 Å². The molecule has 4 aromatic rings. The van der Waals surface area contributed by atoms with Crippen molar-refractivity contribution in [1.82, 2.24) is 0 Å². The first-order valence-electron chi connectivity index (χ1n) is 16.3. The minimum absolute atomic E-state index is 0. The van der Waals surface area contributed by atoms with Crippen molar-refractivity contribution in [3.8, 4) is 0 Å². The molecule has 5 rings (SSSR count). The number of hydrogen-bond donors (Lipinski definition) is 0. The second kappa shape index (κ2) is 19.2. The molecule has 1 aliphatic rings. The molecule has 0 spiro atoms. The van der Waals surface area contributed by atoms with Crippen LogP contribution >= 0.6 is 37.2 Å². The number of benzene rings is 4. The van der Waals surface area contributed by atoms with E-state index in [2.05, 4.69) is 139 Å². The molecule has 0 aromatic heterocycles. The molecular weight excluding hydrogens is 675 g/mol. The number of aryl methyl sites for hydroxylation is 6. The predicted molar refractivity (Wildman–Crippen MR) is 208 cm³/mol. The largest absolute Gasteiger partial charge is 0.272 e. The van der Waals surface area contributed by atoms with Crippen molar-refractivity contribution in [2.45, 2.75) is 86.5 Å². The molecule has 0 amide bonds. The van der Waals surface area contributed by atoms with Gasteiger partial charge < -0.3 is 0 Å². The maximum atomic E-state index is 4.05. The molecule has 0 fully saturated rings. The van der Waals surface area contributed by atoms with Gasteiger partial charge in [0.15, 0.2) is 0 Å². The maximum absolute atomic E-state index is 4.05. The van der Waals surface area contributed by atoms with Gasteiger partial charge in [-0.05, 0) is 87.5 Å². The summed E-state index contributed by atoms with van der Waals surface area (Å²) >= 11 is 0. The third kappa shape index (κ3) is 8.41. The van der Waals surface area contributed by atoms with Gasteiger partial charge in [0.2, 0.25) is 0 Å². The fourth-order valence-corrected chi connectivity index (χ4v) is 12.1. The van der Waals surface area contributed by atoms with E-state index in [1.807, 2.05) is 0 Å². The Morgan fingerprint density at radius 3 is 1.13 bits per heavy atom. The van der Waals surface area contributed by atoms with E-state index in [1.165, 1.54) is 65.3 Å². The zero-order valence-corrected chi connectivity index (χ0v) is 33.3. The Kier molecular flexibility index (Phi) is 17.6. The molecule has 0 heterocycles. The van der Waals surface area contributed by atoms with Gasteiger partial charge in [0, 0.05) is 21.7 Å². The Morgan fingerprint density at radius 1 is 0.500 bits per heavy atom. The summed E-state index contributed by atoms with van der Waals surface area (Å²) in [6, 6.07) is 33.8. The number of hydrogen-bond acceptors (Lipinski definition) is 0. The van der Waals surface area contributed by atoms with E-state index in [1.54, 1.807) is 0 Å². The van der Waals surface area contributed by atoms with Crippen LogP contribution in [0.5, 0.6) is 0 Å². The Morgan fingerprint density at radius 2 is 0.826 bits per heavy atom. The topological polar surface area (TPSA) is 0 Å². The number of allylic oxidation sites excluding steroid dienone is 4. The van der Waals surface area contributed by atoms with Crippen molar-refractivity contribution in [1.29, 1.82) is 0 Å². The fourth-order valence-electron chi connectivity index (χ4n) is 6.76. The molecular formula is C41H50Cl3SiTi-. The van der Waals surface area contributed by atoms with Crippen LogP contribution in [0, 0.1) is 6.08 Å². The van der Waals surface area contributed by atoms with E-state index in [9.17, 15) is 0 Å². The molecule has 0 atom stereocenters. The minimum Gasteiger partial charge on any atom is -0.272 e. The predicted octanol–water partition coefficient (Wildman–Crippen LogP) is 9.55. The van der Waals surface area contributed by atoms with Crippen LogP contribution in [-0.2, 0) is 60.2 Å². The normalized spacial score (nSPS) is 12.1. The van der Waals surface area contributed by atoms with Gasteiger partial charge in [0.05, 0.1) is 0 Å². The van der Waals surface area contributed by atoms with Gasteiger partial charge in [-0.15, -0.1) is 49.2 Å². The van der Waals surface area contributed by atoms with E-state index >= 15 is 0 Å². The zero-order valence-electron chi connectivity index (χ0n) is 28.3. The van der Waals surface area contributed by atoms with E-state index < -0.39 is 8.07 Å². The first kappa shape index (κ1) is 42.2. The monoisotopic (exact) mass is 723 g/mol. The molecule has 0 nitrogen and oxygen atoms in total. The van der Waals surface area contributed by atoms with Crippen molar-refractivity contribution < 1.29 is 21.7 Å². The Labute approximate surface area is 313 Å². The summed E-state index contributed by atoms with van der Waals surface area (Å²) in [5, 5.41) is 5.97. The van der Waals surface area contributed by atoms with Crippen LogP contribution in [0.2, 0.25) is 0 Å². The summed E-state index contributed by atoms with van der Waals surface area (Å²) in [5.74, 6) is 0. The van der Waals surface area contributed by atoms with Crippen LogP contribution < -0.4 is 15.6 Å². The zero-order chi connectivity index (χ0) is 29.7. The fraction of sp³-hybridized carbons (Fsp3) is 0.317. The molecule has 0 bridgehead atoms. The summed E-state index contributed by atoms with van der Waals surface area (Å²) in [5.41, 5.74) is 11.3. The van der Waals surface area contributed by atoms with Crippen LogP contribution in [0.15, 0.2) is 96.2 Å². The van der Waals surface area contributed by atoms with Gasteiger partial charge in [-0.2, -0.15) is 11.6 Å². The molecule has 0 unspecified atom stereocenters. The average Bonchev–Trinajstić information content (AvgIpc) is 3.55.